The summed E-state index contributed by atoms with van der Waals surface area (Å²) < 4.78 is 0. The maximum atomic E-state index is 9.07. The van der Waals surface area contributed by atoms with Crippen molar-refractivity contribution < 1.29 is 0 Å². The molecule has 8 heteroatoms. The van der Waals surface area contributed by atoms with E-state index in [1.807, 2.05) is 31.5 Å². The molecular weight excluding hydrogens is 412 g/mol. The lowest BCUT2D eigenvalue weighted by Gasteiger charge is -2.43. The van der Waals surface area contributed by atoms with E-state index in [1.165, 1.54) is 32.2 Å². The van der Waals surface area contributed by atoms with Gasteiger partial charge in [0, 0.05) is 71.9 Å². The summed E-state index contributed by atoms with van der Waals surface area (Å²) in [5.41, 5.74) is 3.03. The summed E-state index contributed by atoms with van der Waals surface area (Å²) in [6.45, 7) is 3.16. The number of nitriles is 1. The normalized spacial score (nSPS) is 28.9. The van der Waals surface area contributed by atoms with E-state index in [-0.39, 0.29) is 0 Å². The van der Waals surface area contributed by atoms with Crippen molar-refractivity contribution in [2.45, 2.75) is 63.6 Å². The van der Waals surface area contributed by atoms with Crippen LogP contribution in [0.2, 0.25) is 0 Å². The average Bonchev–Trinajstić information content (AvgIpc) is 3.29. The maximum absolute atomic E-state index is 9.07. The van der Waals surface area contributed by atoms with Gasteiger partial charge in [-0.15, -0.1) is 0 Å². The number of nitrogens with zero attached hydrogens (tertiary/aromatic N) is 5. The SMILES string of the molecule is Cc1cc(Nc2cc3nccc(N[C@@H]4CC5CC[C@@H](C4)N5C[C@H]4C[C@H](C#N)C4)c3cn2)n[nH]1. The van der Waals surface area contributed by atoms with E-state index < -0.39 is 0 Å². The van der Waals surface area contributed by atoms with Crippen molar-refractivity contribution in [1.29, 1.82) is 5.26 Å². The Morgan fingerprint density at radius 3 is 2.67 bits per heavy atom. The highest BCUT2D eigenvalue weighted by atomic mass is 15.2. The highest BCUT2D eigenvalue weighted by Gasteiger charge is 2.43. The molecule has 1 saturated carbocycles. The van der Waals surface area contributed by atoms with E-state index in [0.29, 0.717) is 24.0 Å². The first-order chi connectivity index (χ1) is 16.1. The molecule has 2 aliphatic heterocycles. The van der Waals surface area contributed by atoms with Crippen LogP contribution in [0.3, 0.4) is 0 Å². The van der Waals surface area contributed by atoms with Gasteiger partial charge >= 0.3 is 0 Å². The van der Waals surface area contributed by atoms with Crippen molar-refractivity contribution in [1.82, 2.24) is 25.1 Å². The fourth-order valence-electron chi connectivity index (χ4n) is 6.05. The number of aromatic amines is 1. The van der Waals surface area contributed by atoms with Crippen molar-refractivity contribution in [2.24, 2.45) is 11.8 Å². The van der Waals surface area contributed by atoms with Gasteiger partial charge in [-0.3, -0.25) is 15.0 Å². The molecule has 1 unspecified atom stereocenters. The summed E-state index contributed by atoms with van der Waals surface area (Å²) in [5.74, 6) is 2.52. The van der Waals surface area contributed by atoms with E-state index in [2.05, 4.69) is 47.8 Å². The molecule has 8 nitrogen and oxygen atoms in total. The molecule has 3 aromatic rings. The number of aromatic nitrogens is 4. The van der Waals surface area contributed by atoms with Gasteiger partial charge in [-0.1, -0.05) is 0 Å². The summed E-state index contributed by atoms with van der Waals surface area (Å²) in [6.07, 6.45) is 10.9. The molecule has 3 N–H and O–H groups in total. The maximum Gasteiger partial charge on any atom is 0.153 e. The number of H-pyrrole nitrogens is 1. The summed E-state index contributed by atoms with van der Waals surface area (Å²) >= 11 is 0. The number of rotatable bonds is 6. The predicted molar refractivity (Wildman–Crippen MR) is 128 cm³/mol. The van der Waals surface area contributed by atoms with E-state index >= 15 is 0 Å². The van der Waals surface area contributed by atoms with E-state index in [4.69, 9.17) is 5.26 Å². The summed E-state index contributed by atoms with van der Waals surface area (Å²) in [4.78, 5) is 11.9. The molecule has 3 atom stereocenters. The van der Waals surface area contributed by atoms with E-state index in [0.717, 1.165) is 52.7 Å². The number of aryl methyl sites for hydroxylation is 1. The molecule has 3 fully saturated rings. The molecule has 3 aliphatic rings. The minimum atomic E-state index is 0.305. The van der Waals surface area contributed by atoms with Crippen LogP contribution in [0.15, 0.2) is 30.6 Å². The van der Waals surface area contributed by atoms with Crippen LogP contribution in [0.5, 0.6) is 0 Å². The van der Waals surface area contributed by atoms with Crippen molar-refractivity contribution in [3.63, 3.8) is 0 Å². The molecule has 0 radical (unpaired) electrons. The lowest BCUT2D eigenvalue weighted by Crippen LogP contribution is -2.49. The Bertz CT molecular complexity index is 1180. The van der Waals surface area contributed by atoms with Crippen molar-refractivity contribution >= 4 is 28.2 Å². The number of hydrogen-bond donors (Lipinski definition) is 3. The zero-order chi connectivity index (χ0) is 22.4. The van der Waals surface area contributed by atoms with E-state index in [1.54, 1.807) is 0 Å². The van der Waals surface area contributed by atoms with Crippen LogP contribution in [0.25, 0.3) is 10.9 Å². The third-order valence-electron chi connectivity index (χ3n) is 7.72. The topological polar surface area (TPSA) is 106 Å². The van der Waals surface area contributed by atoms with Gasteiger partial charge in [-0.05, 0) is 57.4 Å². The number of anilines is 3. The van der Waals surface area contributed by atoms with Crippen LogP contribution in [0.4, 0.5) is 17.3 Å². The fraction of sp³-hybridized carbons (Fsp3) is 0.520. The first kappa shape index (κ1) is 20.4. The molecule has 33 heavy (non-hydrogen) atoms. The quantitative estimate of drug-likeness (QED) is 0.521. The molecule has 170 valence electrons. The molecule has 0 amide bonds. The van der Waals surface area contributed by atoms with E-state index in [9.17, 15) is 0 Å². The van der Waals surface area contributed by atoms with Crippen LogP contribution >= 0.6 is 0 Å². The van der Waals surface area contributed by atoms with Crippen molar-refractivity contribution in [3.8, 4) is 6.07 Å². The Morgan fingerprint density at radius 1 is 1.12 bits per heavy atom. The molecule has 6 rings (SSSR count). The van der Waals surface area contributed by atoms with Crippen LogP contribution in [0.1, 0.15) is 44.2 Å². The number of pyridine rings is 2. The van der Waals surface area contributed by atoms with Gasteiger partial charge in [-0.2, -0.15) is 10.4 Å². The molecule has 3 aromatic heterocycles. The molecule has 2 saturated heterocycles. The monoisotopic (exact) mass is 442 g/mol. The van der Waals surface area contributed by atoms with Gasteiger partial charge in [0.05, 0.1) is 11.6 Å². The Morgan fingerprint density at radius 2 is 1.94 bits per heavy atom. The third kappa shape index (κ3) is 4.02. The zero-order valence-corrected chi connectivity index (χ0v) is 19.0. The second-order valence-corrected chi connectivity index (χ2v) is 10.1. The first-order valence-electron chi connectivity index (χ1n) is 12.1. The van der Waals surface area contributed by atoms with Crippen LogP contribution in [-0.2, 0) is 0 Å². The minimum Gasteiger partial charge on any atom is -0.382 e. The summed E-state index contributed by atoms with van der Waals surface area (Å²) in [6, 6.07) is 10.2. The van der Waals surface area contributed by atoms with Gasteiger partial charge in [0.15, 0.2) is 5.82 Å². The highest BCUT2D eigenvalue weighted by Crippen LogP contribution is 2.41. The van der Waals surface area contributed by atoms with Crippen molar-refractivity contribution in [2.75, 3.05) is 17.2 Å². The second-order valence-electron chi connectivity index (χ2n) is 10.1. The number of nitrogens with one attached hydrogen (secondary N) is 3. The number of piperidine rings is 1. The van der Waals surface area contributed by atoms with Gasteiger partial charge in [0.25, 0.3) is 0 Å². The Kier molecular flexibility index (Phi) is 5.14. The largest absolute Gasteiger partial charge is 0.382 e. The van der Waals surface area contributed by atoms with Crippen LogP contribution in [-0.4, -0.2) is 49.7 Å². The smallest absolute Gasteiger partial charge is 0.153 e. The minimum absolute atomic E-state index is 0.305. The van der Waals surface area contributed by atoms with Gasteiger partial charge in [0.1, 0.15) is 5.82 Å². The molecule has 0 aromatic carbocycles. The lowest BCUT2D eigenvalue weighted by atomic mass is 9.75. The van der Waals surface area contributed by atoms with Gasteiger partial charge < -0.3 is 10.6 Å². The molecular formula is C25H30N8. The average molecular weight is 443 g/mol. The van der Waals surface area contributed by atoms with Crippen LogP contribution in [0, 0.1) is 30.1 Å². The molecule has 5 heterocycles. The Labute approximate surface area is 193 Å². The van der Waals surface area contributed by atoms with Gasteiger partial charge in [0.2, 0.25) is 0 Å². The van der Waals surface area contributed by atoms with Crippen LogP contribution < -0.4 is 10.6 Å². The molecule has 2 bridgehead atoms. The second kappa shape index (κ2) is 8.31. The van der Waals surface area contributed by atoms with Crippen molar-refractivity contribution in [3.05, 3.63) is 36.3 Å². The Balaban J connectivity index is 1.13. The zero-order valence-electron chi connectivity index (χ0n) is 19.0. The first-order valence-corrected chi connectivity index (χ1v) is 12.1. The lowest BCUT2D eigenvalue weighted by molar-refractivity contribution is 0.0771. The third-order valence-corrected chi connectivity index (χ3v) is 7.72. The molecule has 0 spiro atoms. The predicted octanol–water partition coefficient (Wildman–Crippen LogP) is 4.36. The highest BCUT2D eigenvalue weighted by molar-refractivity contribution is 5.92. The number of hydrogen-bond acceptors (Lipinski definition) is 7. The Hall–Kier alpha value is -3.18. The fourth-order valence-corrected chi connectivity index (χ4v) is 6.05. The van der Waals surface area contributed by atoms with Gasteiger partial charge in [-0.25, -0.2) is 4.98 Å². The molecule has 1 aliphatic carbocycles. The number of fused-ring (bicyclic) bond motifs is 3. The summed E-state index contributed by atoms with van der Waals surface area (Å²) in [5, 5.41) is 24.3. The standard InChI is InChI=1S/C25H30N8/c1-15-6-25(32-31-15)30-24-11-23-21(13-28-24)22(4-5-27-23)29-18-9-19-2-3-20(10-18)33(19)14-17-7-16(8-17)12-26/h4-6,11,13,16-20H,2-3,7-10,14H2,1H3,(H,27,29)(H2,28,30,31,32)/t16-,17-,18-,19-,20?/m0/s1. The summed E-state index contributed by atoms with van der Waals surface area (Å²) in [7, 11) is 0.